The van der Waals surface area contributed by atoms with Crippen molar-refractivity contribution in [3.8, 4) is 0 Å². The van der Waals surface area contributed by atoms with Gasteiger partial charge in [-0.2, -0.15) is 0 Å². The fraction of sp³-hybridized carbons (Fsp3) is 0.333. The van der Waals surface area contributed by atoms with E-state index in [2.05, 4.69) is 34.6 Å². The quantitative estimate of drug-likeness (QED) is 0.614. The number of hydrogen-bond acceptors (Lipinski definition) is 2. The number of amides is 1. The molecule has 0 spiro atoms. The van der Waals surface area contributed by atoms with Gasteiger partial charge in [-0.1, -0.05) is 25.1 Å². The van der Waals surface area contributed by atoms with Crippen molar-refractivity contribution in [3.63, 3.8) is 0 Å². The summed E-state index contributed by atoms with van der Waals surface area (Å²) in [5.41, 5.74) is 3.08. The van der Waals surface area contributed by atoms with Crippen molar-refractivity contribution in [2.45, 2.75) is 38.5 Å². The summed E-state index contributed by atoms with van der Waals surface area (Å²) in [6, 6.07) is 16.4. The Hall–Kier alpha value is -2.75. The third kappa shape index (κ3) is 3.91. The van der Waals surface area contributed by atoms with E-state index in [0.29, 0.717) is 17.5 Å². The van der Waals surface area contributed by atoms with Crippen LogP contribution in [0.4, 0.5) is 10.1 Å². The molecule has 1 fully saturated rings. The number of halogens is 1. The molecule has 1 saturated carbocycles. The molecule has 1 aromatic heterocycles. The predicted molar refractivity (Wildman–Crippen MR) is 111 cm³/mol. The molecule has 3 aromatic rings. The lowest BCUT2D eigenvalue weighted by molar-refractivity contribution is -0.121. The van der Waals surface area contributed by atoms with Gasteiger partial charge in [0.25, 0.3) is 0 Å². The minimum absolute atomic E-state index is 0.0180. The van der Waals surface area contributed by atoms with Crippen LogP contribution in [-0.2, 0) is 4.79 Å². The zero-order valence-corrected chi connectivity index (χ0v) is 16.1. The molecule has 0 saturated heterocycles. The van der Waals surface area contributed by atoms with Gasteiger partial charge in [-0.15, -0.1) is 0 Å². The van der Waals surface area contributed by atoms with Gasteiger partial charge in [0.2, 0.25) is 5.91 Å². The third-order valence-electron chi connectivity index (χ3n) is 6.13. The lowest BCUT2D eigenvalue weighted by Crippen LogP contribution is -2.29. The molecular formula is C24H25FN2O. The molecular weight excluding hydrogens is 351 g/mol. The van der Waals surface area contributed by atoms with E-state index >= 15 is 0 Å². The maximum atomic E-state index is 13.0. The second-order valence-electron chi connectivity index (χ2n) is 7.81. The highest BCUT2D eigenvalue weighted by Crippen LogP contribution is 2.40. The molecule has 1 heterocycles. The van der Waals surface area contributed by atoms with Gasteiger partial charge in [0.15, 0.2) is 0 Å². The molecule has 28 heavy (non-hydrogen) atoms. The van der Waals surface area contributed by atoms with E-state index in [1.807, 2.05) is 19.2 Å². The molecule has 1 N–H and O–H groups in total. The molecule has 0 aliphatic heterocycles. The first kappa shape index (κ1) is 18.6. The minimum atomic E-state index is -0.298. The molecule has 1 amide bonds. The number of nitrogens with zero attached hydrogens (tertiary/aromatic N) is 1. The average Bonchev–Trinajstić information content (AvgIpc) is 2.74. The van der Waals surface area contributed by atoms with Crippen molar-refractivity contribution < 1.29 is 9.18 Å². The van der Waals surface area contributed by atoms with Crippen molar-refractivity contribution in [3.05, 3.63) is 72.2 Å². The first-order chi connectivity index (χ1) is 13.6. The molecule has 0 radical (unpaired) electrons. The van der Waals surface area contributed by atoms with Crippen LogP contribution in [0, 0.1) is 17.7 Å². The molecule has 0 bridgehead atoms. The number of para-hydroxylation sites is 1. The smallest absolute Gasteiger partial charge is 0.227 e. The van der Waals surface area contributed by atoms with E-state index in [0.717, 1.165) is 31.2 Å². The summed E-state index contributed by atoms with van der Waals surface area (Å²) in [6.45, 7) is 2.01. The summed E-state index contributed by atoms with van der Waals surface area (Å²) in [4.78, 5) is 17.1. The van der Waals surface area contributed by atoms with Crippen LogP contribution in [-0.4, -0.2) is 10.9 Å². The van der Waals surface area contributed by atoms with Crippen LogP contribution in [0.1, 0.15) is 44.1 Å². The number of nitrogens with one attached hydrogen (secondary N) is 1. The fourth-order valence-electron chi connectivity index (χ4n) is 4.41. The van der Waals surface area contributed by atoms with Crippen LogP contribution in [0.2, 0.25) is 0 Å². The number of pyridine rings is 1. The molecule has 4 heteroatoms. The molecule has 1 aliphatic carbocycles. The van der Waals surface area contributed by atoms with Crippen molar-refractivity contribution >= 4 is 22.5 Å². The van der Waals surface area contributed by atoms with Crippen LogP contribution < -0.4 is 5.32 Å². The molecule has 3 nitrogen and oxygen atoms in total. The van der Waals surface area contributed by atoms with E-state index in [4.69, 9.17) is 0 Å². The lowest BCUT2D eigenvalue weighted by Gasteiger charge is -2.32. The monoisotopic (exact) mass is 376 g/mol. The number of rotatable bonds is 4. The highest BCUT2D eigenvalue weighted by atomic mass is 19.1. The van der Waals surface area contributed by atoms with Crippen LogP contribution in [0.5, 0.6) is 0 Å². The molecule has 4 rings (SSSR count). The van der Waals surface area contributed by atoms with Crippen molar-refractivity contribution in [1.82, 2.24) is 4.98 Å². The standard InChI is InChI=1S/C24H25FN2O/c1-16(24(28)27-20-12-10-19(25)11-13-20)17-6-8-18(9-7-17)21-14-15-26-23-5-3-2-4-22(21)23/h2-5,10-18H,6-9H2,1H3,(H,27,28)/t16?,17-,18+. The van der Waals surface area contributed by atoms with Gasteiger partial charge in [0.05, 0.1) is 5.52 Å². The normalized spacial score (nSPS) is 20.6. The summed E-state index contributed by atoms with van der Waals surface area (Å²) < 4.78 is 13.0. The maximum Gasteiger partial charge on any atom is 0.227 e. The molecule has 1 unspecified atom stereocenters. The topological polar surface area (TPSA) is 42.0 Å². The Morgan fingerprint density at radius 2 is 1.75 bits per heavy atom. The number of hydrogen-bond donors (Lipinski definition) is 1. The largest absolute Gasteiger partial charge is 0.326 e. The Balaban J connectivity index is 1.39. The van der Waals surface area contributed by atoms with E-state index in [9.17, 15) is 9.18 Å². The van der Waals surface area contributed by atoms with Crippen molar-refractivity contribution in [2.24, 2.45) is 11.8 Å². The number of anilines is 1. The maximum absolute atomic E-state index is 13.0. The van der Waals surface area contributed by atoms with Gasteiger partial charge in [0, 0.05) is 23.2 Å². The van der Waals surface area contributed by atoms with Gasteiger partial charge in [-0.25, -0.2) is 4.39 Å². The fourth-order valence-corrected chi connectivity index (χ4v) is 4.41. The lowest BCUT2D eigenvalue weighted by atomic mass is 9.73. The first-order valence-corrected chi connectivity index (χ1v) is 10.0. The zero-order valence-electron chi connectivity index (χ0n) is 16.1. The summed E-state index contributed by atoms with van der Waals surface area (Å²) in [5.74, 6) is 0.568. The number of fused-ring (bicyclic) bond motifs is 1. The minimum Gasteiger partial charge on any atom is -0.326 e. The Labute approximate surface area is 165 Å². The van der Waals surface area contributed by atoms with Crippen molar-refractivity contribution in [2.75, 3.05) is 5.32 Å². The van der Waals surface area contributed by atoms with E-state index < -0.39 is 0 Å². The molecule has 144 valence electrons. The molecule has 1 aliphatic rings. The molecule has 1 atom stereocenters. The highest BCUT2D eigenvalue weighted by Gasteiger charge is 2.30. The van der Waals surface area contributed by atoms with Gasteiger partial charge in [-0.05, 0) is 79.5 Å². The van der Waals surface area contributed by atoms with Crippen LogP contribution >= 0.6 is 0 Å². The van der Waals surface area contributed by atoms with Gasteiger partial charge < -0.3 is 5.32 Å². The second-order valence-corrected chi connectivity index (χ2v) is 7.81. The van der Waals surface area contributed by atoms with Gasteiger partial charge in [0.1, 0.15) is 5.82 Å². The SMILES string of the molecule is CC(C(=O)Nc1ccc(F)cc1)[C@H]1CC[C@@H](c2ccnc3ccccc32)CC1. The highest BCUT2D eigenvalue weighted by molar-refractivity contribution is 5.92. The van der Waals surface area contributed by atoms with Crippen LogP contribution in [0.3, 0.4) is 0 Å². The third-order valence-corrected chi connectivity index (χ3v) is 6.13. The number of carbonyl (C=O) groups excluding carboxylic acids is 1. The van der Waals surface area contributed by atoms with Crippen LogP contribution in [0.15, 0.2) is 60.8 Å². The zero-order chi connectivity index (χ0) is 19.5. The van der Waals surface area contributed by atoms with Gasteiger partial charge >= 0.3 is 0 Å². The summed E-state index contributed by atoms with van der Waals surface area (Å²) in [5, 5.41) is 4.17. The first-order valence-electron chi connectivity index (χ1n) is 10.0. The summed E-state index contributed by atoms with van der Waals surface area (Å²) in [6.07, 6.45) is 6.17. The van der Waals surface area contributed by atoms with Crippen molar-refractivity contribution in [1.29, 1.82) is 0 Å². The van der Waals surface area contributed by atoms with Crippen LogP contribution in [0.25, 0.3) is 10.9 Å². The van der Waals surface area contributed by atoms with E-state index in [1.165, 1.54) is 23.1 Å². The second kappa shape index (κ2) is 8.09. The van der Waals surface area contributed by atoms with Gasteiger partial charge in [-0.3, -0.25) is 9.78 Å². The van der Waals surface area contributed by atoms with E-state index in [1.54, 1.807) is 12.1 Å². The number of benzene rings is 2. The Morgan fingerprint density at radius 1 is 1.04 bits per heavy atom. The van der Waals surface area contributed by atoms with E-state index in [-0.39, 0.29) is 17.6 Å². The average molecular weight is 376 g/mol. The molecule has 2 aromatic carbocycles. The number of carbonyl (C=O) groups is 1. The number of aromatic nitrogens is 1. The Kier molecular flexibility index (Phi) is 5.38. The summed E-state index contributed by atoms with van der Waals surface area (Å²) >= 11 is 0. The summed E-state index contributed by atoms with van der Waals surface area (Å²) in [7, 11) is 0. The Morgan fingerprint density at radius 3 is 2.50 bits per heavy atom. The Bertz CT molecular complexity index is 957. The predicted octanol–water partition coefficient (Wildman–Crippen LogP) is 5.92.